The molecule has 0 aliphatic heterocycles. The predicted octanol–water partition coefficient (Wildman–Crippen LogP) is 3.16. The summed E-state index contributed by atoms with van der Waals surface area (Å²) in [5, 5.41) is 2.59. The third-order valence-corrected chi connectivity index (χ3v) is 2.23. The fourth-order valence-electron chi connectivity index (χ4n) is 1.62. The Morgan fingerprint density at radius 2 is 1.95 bits per heavy atom. The molecule has 5 nitrogen and oxygen atoms in total. The molecule has 1 aromatic rings. The molecule has 1 rings (SSSR count). The number of rotatable bonds is 3. The number of carbonyl (C=O) groups is 2. The van der Waals surface area contributed by atoms with Crippen molar-refractivity contribution in [1.82, 2.24) is 0 Å². The van der Waals surface area contributed by atoms with Gasteiger partial charge in [0, 0.05) is 0 Å². The number of hydrogen-bond acceptors (Lipinski definition) is 4. The van der Waals surface area contributed by atoms with Gasteiger partial charge in [0.1, 0.15) is 5.60 Å². The molecule has 1 aromatic carbocycles. The second-order valence-electron chi connectivity index (χ2n) is 5.18. The van der Waals surface area contributed by atoms with E-state index in [4.69, 9.17) is 9.47 Å². The van der Waals surface area contributed by atoms with E-state index in [-0.39, 0.29) is 0 Å². The number of amides is 1. The van der Waals surface area contributed by atoms with E-state index < -0.39 is 11.7 Å². The summed E-state index contributed by atoms with van der Waals surface area (Å²) >= 11 is 0. The molecular weight excluding hydrogens is 246 g/mol. The zero-order valence-electron chi connectivity index (χ0n) is 11.9. The van der Waals surface area contributed by atoms with Crippen molar-refractivity contribution in [2.75, 3.05) is 12.4 Å². The highest BCUT2D eigenvalue weighted by atomic mass is 16.6. The van der Waals surface area contributed by atoms with Gasteiger partial charge in [-0.05, 0) is 45.4 Å². The molecule has 19 heavy (non-hydrogen) atoms. The maximum atomic E-state index is 11.7. The number of hydrogen-bond donors (Lipinski definition) is 1. The fraction of sp³-hybridized carbons (Fsp3) is 0.429. The van der Waals surface area contributed by atoms with Crippen LogP contribution in [0, 0.1) is 6.92 Å². The first-order chi connectivity index (χ1) is 8.76. The molecule has 0 unspecified atom stereocenters. The minimum Gasteiger partial charge on any atom is -0.494 e. The van der Waals surface area contributed by atoms with Gasteiger partial charge in [-0.25, -0.2) is 4.79 Å². The maximum absolute atomic E-state index is 11.7. The minimum atomic E-state index is -0.590. The molecule has 1 amide bonds. The second-order valence-corrected chi connectivity index (χ2v) is 5.18. The summed E-state index contributed by atoms with van der Waals surface area (Å²) in [6.45, 7) is 7.15. The highest BCUT2D eigenvalue weighted by Gasteiger charge is 2.18. The summed E-state index contributed by atoms with van der Waals surface area (Å²) in [6.07, 6.45) is 0.0970. The average molecular weight is 265 g/mol. The third-order valence-electron chi connectivity index (χ3n) is 2.23. The van der Waals surface area contributed by atoms with Gasteiger partial charge >= 0.3 is 6.09 Å². The van der Waals surface area contributed by atoms with Gasteiger partial charge in [0.15, 0.2) is 12.0 Å². The molecule has 0 aliphatic carbocycles. The Balaban J connectivity index is 3.03. The number of anilines is 1. The lowest BCUT2D eigenvalue weighted by atomic mass is 10.1. The summed E-state index contributed by atoms with van der Waals surface area (Å²) in [4.78, 5) is 22.7. The van der Waals surface area contributed by atoms with Crippen LogP contribution in [0.2, 0.25) is 0 Å². The molecule has 0 fully saturated rings. The first kappa shape index (κ1) is 15.0. The number of aryl methyl sites for hydroxylation is 1. The number of benzene rings is 1. The van der Waals surface area contributed by atoms with Crippen molar-refractivity contribution in [2.45, 2.75) is 33.3 Å². The third kappa shape index (κ3) is 4.28. The Kier molecular flexibility index (Phi) is 4.53. The normalized spacial score (nSPS) is 10.8. The van der Waals surface area contributed by atoms with Crippen molar-refractivity contribution in [1.29, 1.82) is 0 Å². The SMILES string of the molecule is COc1c(C=O)cc(C)cc1NC(=O)OC(C)(C)C. The van der Waals surface area contributed by atoms with E-state index in [0.29, 0.717) is 23.3 Å². The summed E-state index contributed by atoms with van der Waals surface area (Å²) in [6, 6.07) is 3.40. The number of aldehydes is 1. The number of nitrogens with one attached hydrogen (secondary N) is 1. The topological polar surface area (TPSA) is 64.6 Å². The van der Waals surface area contributed by atoms with Crippen LogP contribution in [0.3, 0.4) is 0 Å². The molecule has 0 saturated carbocycles. The van der Waals surface area contributed by atoms with E-state index in [2.05, 4.69) is 5.32 Å². The van der Waals surface area contributed by atoms with E-state index in [1.54, 1.807) is 32.9 Å². The summed E-state index contributed by atoms with van der Waals surface area (Å²) in [5.41, 5.74) is 1.05. The van der Waals surface area contributed by atoms with E-state index in [1.807, 2.05) is 6.92 Å². The van der Waals surface area contributed by atoms with E-state index >= 15 is 0 Å². The van der Waals surface area contributed by atoms with Crippen LogP contribution in [-0.4, -0.2) is 25.1 Å². The monoisotopic (exact) mass is 265 g/mol. The fourth-order valence-corrected chi connectivity index (χ4v) is 1.62. The minimum absolute atomic E-state index is 0.325. The van der Waals surface area contributed by atoms with Gasteiger partial charge in [-0.2, -0.15) is 0 Å². The molecule has 1 N–H and O–H groups in total. The molecule has 104 valence electrons. The number of ether oxygens (including phenoxy) is 2. The highest BCUT2D eigenvalue weighted by molar-refractivity contribution is 5.91. The van der Waals surface area contributed by atoms with Crippen molar-refractivity contribution < 1.29 is 19.1 Å². The van der Waals surface area contributed by atoms with E-state index in [1.165, 1.54) is 7.11 Å². The molecule has 0 saturated heterocycles. The standard InChI is InChI=1S/C14H19NO4/c1-9-6-10(8-16)12(18-5)11(7-9)15-13(17)19-14(2,3)4/h6-8H,1-5H3,(H,15,17). The molecule has 0 aliphatic rings. The molecule has 0 spiro atoms. The van der Waals surface area contributed by atoms with Crippen LogP contribution < -0.4 is 10.1 Å². The quantitative estimate of drug-likeness (QED) is 0.852. The van der Waals surface area contributed by atoms with E-state index in [0.717, 1.165) is 5.56 Å². The summed E-state index contributed by atoms with van der Waals surface area (Å²) < 4.78 is 10.3. The lowest BCUT2D eigenvalue weighted by molar-refractivity contribution is 0.0635. The van der Waals surface area contributed by atoms with E-state index in [9.17, 15) is 9.59 Å². The van der Waals surface area contributed by atoms with Crippen molar-refractivity contribution >= 4 is 18.1 Å². The van der Waals surface area contributed by atoms with Crippen LogP contribution in [-0.2, 0) is 4.74 Å². The van der Waals surface area contributed by atoms with Gasteiger partial charge < -0.3 is 9.47 Å². The van der Waals surface area contributed by atoms with Gasteiger partial charge in [0.2, 0.25) is 0 Å². The Morgan fingerprint density at radius 1 is 1.32 bits per heavy atom. The first-order valence-corrected chi connectivity index (χ1v) is 5.90. The lowest BCUT2D eigenvalue weighted by Gasteiger charge is -2.20. The van der Waals surface area contributed by atoms with Crippen molar-refractivity contribution in [3.8, 4) is 5.75 Å². The van der Waals surface area contributed by atoms with Crippen molar-refractivity contribution in [2.24, 2.45) is 0 Å². The smallest absolute Gasteiger partial charge is 0.412 e. The predicted molar refractivity (Wildman–Crippen MR) is 73.0 cm³/mol. The molecule has 0 radical (unpaired) electrons. The average Bonchev–Trinajstić information content (AvgIpc) is 2.25. The molecular formula is C14H19NO4. The first-order valence-electron chi connectivity index (χ1n) is 5.90. The second kappa shape index (κ2) is 5.73. The highest BCUT2D eigenvalue weighted by Crippen LogP contribution is 2.29. The number of methoxy groups -OCH3 is 1. The zero-order valence-corrected chi connectivity index (χ0v) is 11.9. The molecule has 0 heterocycles. The van der Waals surface area contributed by atoms with Crippen LogP contribution in [0.1, 0.15) is 36.7 Å². The Hall–Kier alpha value is -2.04. The zero-order chi connectivity index (χ0) is 14.6. The van der Waals surface area contributed by atoms with Gasteiger partial charge in [0.05, 0.1) is 18.4 Å². The molecule has 0 atom stereocenters. The van der Waals surface area contributed by atoms with Crippen LogP contribution in [0.15, 0.2) is 12.1 Å². The van der Waals surface area contributed by atoms with Gasteiger partial charge in [-0.3, -0.25) is 10.1 Å². The maximum Gasteiger partial charge on any atom is 0.412 e. The molecule has 0 aromatic heterocycles. The van der Waals surface area contributed by atoms with Crippen LogP contribution >= 0.6 is 0 Å². The number of carbonyl (C=O) groups excluding carboxylic acids is 2. The van der Waals surface area contributed by atoms with Crippen molar-refractivity contribution in [3.63, 3.8) is 0 Å². The summed E-state index contributed by atoms with van der Waals surface area (Å²) in [5.74, 6) is 0.325. The Labute approximate surface area is 112 Å². The van der Waals surface area contributed by atoms with Crippen LogP contribution in [0.5, 0.6) is 5.75 Å². The Bertz CT molecular complexity index is 489. The van der Waals surface area contributed by atoms with Gasteiger partial charge in [0.25, 0.3) is 0 Å². The largest absolute Gasteiger partial charge is 0.494 e. The van der Waals surface area contributed by atoms with Crippen molar-refractivity contribution in [3.05, 3.63) is 23.3 Å². The lowest BCUT2D eigenvalue weighted by Crippen LogP contribution is -2.27. The Morgan fingerprint density at radius 3 is 2.42 bits per heavy atom. The van der Waals surface area contributed by atoms with Crippen LogP contribution in [0.4, 0.5) is 10.5 Å². The van der Waals surface area contributed by atoms with Crippen LogP contribution in [0.25, 0.3) is 0 Å². The molecule has 5 heteroatoms. The summed E-state index contributed by atoms with van der Waals surface area (Å²) in [7, 11) is 1.44. The molecule has 0 bridgehead atoms. The van der Waals surface area contributed by atoms with Gasteiger partial charge in [-0.15, -0.1) is 0 Å². The van der Waals surface area contributed by atoms with Gasteiger partial charge in [-0.1, -0.05) is 0 Å².